The number of esters is 1. The normalized spacial score (nSPS) is 11.6. The lowest BCUT2D eigenvalue weighted by atomic mass is 9.93. The van der Waals surface area contributed by atoms with Gasteiger partial charge in [0.1, 0.15) is 11.5 Å². The number of ketones is 1. The van der Waals surface area contributed by atoms with Gasteiger partial charge >= 0.3 is 5.97 Å². The number of nitrogens with zero attached hydrogens (tertiary/aromatic N) is 2. The molecule has 0 amide bonds. The van der Waals surface area contributed by atoms with Gasteiger partial charge in [-0.2, -0.15) is 4.98 Å². The van der Waals surface area contributed by atoms with E-state index >= 15 is 0 Å². The standard InChI is InChI=1S/C18H21N3O4/c1-4-24-17-14(19)15(20-11(3)21-17)13(18(23)25-5-2)16(22)12-9-7-6-8-10-12/h6-10,13H,4-5,19H2,1-3H3/t13-/m0/s1. The van der Waals surface area contributed by atoms with Crippen LogP contribution in [0.1, 0.15) is 41.6 Å². The molecular formula is C18H21N3O4. The van der Waals surface area contributed by atoms with Gasteiger partial charge in [0.25, 0.3) is 0 Å². The Morgan fingerprint density at radius 2 is 1.80 bits per heavy atom. The zero-order chi connectivity index (χ0) is 18.4. The van der Waals surface area contributed by atoms with Gasteiger partial charge in [-0.15, -0.1) is 0 Å². The minimum Gasteiger partial charge on any atom is -0.476 e. The monoisotopic (exact) mass is 343 g/mol. The minimum absolute atomic E-state index is 0.0646. The fourth-order valence-corrected chi connectivity index (χ4v) is 2.38. The molecule has 2 N–H and O–H groups in total. The summed E-state index contributed by atoms with van der Waals surface area (Å²) in [5.74, 6) is -1.92. The SMILES string of the molecule is CCOC(=O)[C@H](C(=O)c1ccccc1)c1nc(C)nc(OCC)c1N. The highest BCUT2D eigenvalue weighted by Gasteiger charge is 2.35. The summed E-state index contributed by atoms with van der Waals surface area (Å²) in [5.41, 5.74) is 6.61. The van der Waals surface area contributed by atoms with Crippen molar-refractivity contribution in [2.45, 2.75) is 26.7 Å². The lowest BCUT2D eigenvalue weighted by molar-refractivity contribution is -0.143. The molecule has 0 aliphatic carbocycles. The summed E-state index contributed by atoms with van der Waals surface area (Å²) in [4.78, 5) is 33.8. The third-order valence-corrected chi connectivity index (χ3v) is 3.45. The third-order valence-electron chi connectivity index (χ3n) is 3.45. The van der Waals surface area contributed by atoms with Gasteiger partial charge < -0.3 is 15.2 Å². The number of hydrogen-bond acceptors (Lipinski definition) is 7. The minimum atomic E-state index is -1.27. The number of aromatic nitrogens is 2. The number of nitrogen functional groups attached to an aromatic ring is 1. The first-order valence-electron chi connectivity index (χ1n) is 8.02. The largest absolute Gasteiger partial charge is 0.476 e. The maximum atomic E-state index is 12.9. The second-order valence-corrected chi connectivity index (χ2v) is 5.22. The molecule has 0 radical (unpaired) electrons. The van der Waals surface area contributed by atoms with Gasteiger partial charge in [-0.1, -0.05) is 30.3 Å². The molecule has 0 bridgehead atoms. The van der Waals surface area contributed by atoms with Crippen molar-refractivity contribution >= 4 is 17.4 Å². The van der Waals surface area contributed by atoms with Gasteiger partial charge in [0.05, 0.1) is 18.9 Å². The van der Waals surface area contributed by atoms with Gasteiger partial charge in [0.2, 0.25) is 5.88 Å². The van der Waals surface area contributed by atoms with E-state index in [2.05, 4.69) is 9.97 Å². The number of benzene rings is 1. The number of hydrogen-bond donors (Lipinski definition) is 1. The Kier molecular flexibility index (Phi) is 6.05. The first kappa shape index (κ1) is 18.4. The molecule has 132 valence electrons. The number of aryl methyl sites for hydroxylation is 1. The molecule has 0 fully saturated rings. The number of carbonyl (C=O) groups excluding carboxylic acids is 2. The van der Waals surface area contributed by atoms with Crippen LogP contribution in [0.2, 0.25) is 0 Å². The molecule has 0 saturated heterocycles. The van der Waals surface area contributed by atoms with Crippen LogP contribution in [-0.2, 0) is 9.53 Å². The van der Waals surface area contributed by atoms with Gasteiger partial charge in [-0.05, 0) is 20.8 Å². The molecule has 7 heteroatoms. The Balaban J connectivity index is 2.57. The summed E-state index contributed by atoms with van der Waals surface area (Å²) in [6.07, 6.45) is 0. The van der Waals surface area contributed by atoms with Gasteiger partial charge in [0, 0.05) is 5.56 Å². The predicted molar refractivity (Wildman–Crippen MR) is 92.5 cm³/mol. The van der Waals surface area contributed by atoms with E-state index in [0.717, 1.165) is 0 Å². The maximum Gasteiger partial charge on any atom is 0.323 e. The lowest BCUT2D eigenvalue weighted by Gasteiger charge is -2.18. The molecule has 0 aliphatic rings. The van der Waals surface area contributed by atoms with Crippen molar-refractivity contribution in [1.29, 1.82) is 0 Å². The van der Waals surface area contributed by atoms with E-state index in [1.165, 1.54) is 0 Å². The molecule has 0 aliphatic heterocycles. The van der Waals surface area contributed by atoms with E-state index in [9.17, 15) is 9.59 Å². The van der Waals surface area contributed by atoms with E-state index in [1.807, 2.05) is 0 Å². The van der Waals surface area contributed by atoms with E-state index in [1.54, 1.807) is 51.1 Å². The van der Waals surface area contributed by atoms with Crippen molar-refractivity contribution in [2.75, 3.05) is 18.9 Å². The molecule has 1 aromatic heterocycles. The zero-order valence-electron chi connectivity index (χ0n) is 14.5. The van der Waals surface area contributed by atoms with Gasteiger partial charge in [-0.25, -0.2) is 4.98 Å². The Morgan fingerprint density at radius 3 is 2.40 bits per heavy atom. The van der Waals surface area contributed by atoms with Crippen molar-refractivity contribution in [3.05, 3.63) is 47.4 Å². The lowest BCUT2D eigenvalue weighted by Crippen LogP contribution is -2.27. The summed E-state index contributed by atoms with van der Waals surface area (Å²) >= 11 is 0. The van der Waals surface area contributed by atoms with E-state index in [-0.39, 0.29) is 23.9 Å². The first-order valence-corrected chi connectivity index (χ1v) is 8.02. The molecule has 7 nitrogen and oxygen atoms in total. The van der Waals surface area contributed by atoms with Crippen molar-refractivity contribution in [1.82, 2.24) is 9.97 Å². The number of ether oxygens (including phenoxy) is 2. The highest BCUT2D eigenvalue weighted by molar-refractivity contribution is 6.13. The highest BCUT2D eigenvalue weighted by atomic mass is 16.5. The fourth-order valence-electron chi connectivity index (χ4n) is 2.38. The van der Waals surface area contributed by atoms with Crippen molar-refractivity contribution in [3.8, 4) is 5.88 Å². The summed E-state index contributed by atoms with van der Waals surface area (Å²) in [6, 6.07) is 8.47. The van der Waals surface area contributed by atoms with Crippen molar-refractivity contribution < 1.29 is 19.1 Å². The van der Waals surface area contributed by atoms with Crippen LogP contribution in [0.15, 0.2) is 30.3 Å². The van der Waals surface area contributed by atoms with E-state index in [0.29, 0.717) is 18.0 Å². The highest BCUT2D eigenvalue weighted by Crippen LogP contribution is 2.31. The Morgan fingerprint density at radius 1 is 1.12 bits per heavy atom. The second kappa shape index (κ2) is 8.23. The smallest absolute Gasteiger partial charge is 0.323 e. The number of carbonyl (C=O) groups is 2. The van der Waals surface area contributed by atoms with Gasteiger partial charge in [-0.3, -0.25) is 9.59 Å². The molecule has 1 aromatic carbocycles. The van der Waals surface area contributed by atoms with Crippen LogP contribution in [0.25, 0.3) is 0 Å². The van der Waals surface area contributed by atoms with Gasteiger partial charge in [0.15, 0.2) is 11.7 Å². The molecule has 2 aromatic rings. The summed E-state index contributed by atoms with van der Waals surface area (Å²) in [7, 11) is 0. The van der Waals surface area contributed by atoms with Crippen LogP contribution < -0.4 is 10.5 Å². The fraction of sp³-hybridized carbons (Fsp3) is 0.333. The third kappa shape index (κ3) is 4.12. The topological polar surface area (TPSA) is 104 Å². The molecule has 2 rings (SSSR count). The van der Waals surface area contributed by atoms with Crippen LogP contribution in [0.3, 0.4) is 0 Å². The zero-order valence-corrected chi connectivity index (χ0v) is 14.5. The van der Waals surface area contributed by atoms with Crippen LogP contribution in [0, 0.1) is 6.92 Å². The van der Waals surface area contributed by atoms with Crippen LogP contribution >= 0.6 is 0 Å². The molecule has 0 spiro atoms. The van der Waals surface area contributed by atoms with Crippen molar-refractivity contribution in [3.63, 3.8) is 0 Å². The Hall–Kier alpha value is -2.96. The molecular weight excluding hydrogens is 322 g/mol. The van der Waals surface area contributed by atoms with Crippen LogP contribution in [-0.4, -0.2) is 34.9 Å². The van der Waals surface area contributed by atoms with Crippen LogP contribution in [0.5, 0.6) is 5.88 Å². The van der Waals surface area contributed by atoms with Crippen molar-refractivity contribution in [2.24, 2.45) is 0 Å². The number of rotatable bonds is 7. The Bertz CT molecular complexity index is 762. The quantitative estimate of drug-likeness (QED) is 0.467. The summed E-state index contributed by atoms with van der Waals surface area (Å²) in [5, 5.41) is 0. The second-order valence-electron chi connectivity index (χ2n) is 5.22. The van der Waals surface area contributed by atoms with E-state index < -0.39 is 17.7 Å². The van der Waals surface area contributed by atoms with Crippen LogP contribution in [0.4, 0.5) is 5.69 Å². The molecule has 0 unspecified atom stereocenters. The number of anilines is 1. The number of nitrogens with two attached hydrogens (primary N) is 1. The summed E-state index contributed by atoms with van der Waals surface area (Å²) < 4.78 is 10.5. The molecule has 0 saturated carbocycles. The molecule has 1 heterocycles. The number of Topliss-reactive ketones (excluding diaryl/α,β-unsaturated/α-hetero) is 1. The summed E-state index contributed by atoms with van der Waals surface area (Å²) in [6.45, 7) is 5.58. The molecule has 1 atom stereocenters. The first-order chi connectivity index (χ1) is 12.0. The maximum absolute atomic E-state index is 12.9. The predicted octanol–water partition coefficient (Wildman–Crippen LogP) is 2.30. The Labute approximate surface area is 146 Å². The van der Waals surface area contributed by atoms with E-state index in [4.69, 9.17) is 15.2 Å². The average molecular weight is 343 g/mol. The average Bonchev–Trinajstić information content (AvgIpc) is 2.60. The molecule has 25 heavy (non-hydrogen) atoms.